The summed E-state index contributed by atoms with van der Waals surface area (Å²) in [5, 5.41) is 3.43. The Hall–Kier alpha value is -0.610. The summed E-state index contributed by atoms with van der Waals surface area (Å²) >= 11 is 0. The highest BCUT2D eigenvalue weighted by molar-refractivity contribution is 5.75. The monoisotopic (exact) mass is 282 g/mol. The third-order valence-corrected chi connectivity index (χ3v) is 4.58. The van der Waals surface area contributed by atoms with Crippen molar-refractivity contribution in [1.29, 1.82) is 0 Å². The number of nitrogens with one attached hydrogen (secondary N) is 1. The van der Waals surface area contributed by atoms with Crippen molar-refractivity contribution in [2.45, 2.75) is 76.4 Å². The predicted octanol–water partition coefficient (Wildman–Crippen LogP) is 2.32. The minimum absolute atomic E-state index is 0.0963. The zero-order chi connectivity index (χ0) is 14.4. The largest absolute Gasteiger partial charge is 0.468 e. The molecule has 0 radical (unpaired) electrons. The number of hydrogen-bond acceptors (Lipinski definition) is 4. The van der Waals surface area contributed by atoms with Crippen molar-refractivity contribution < 1.29 is 9.53 Å². The summed E-state index contributed by atoms with van der Waals surface area (Å²) in [6.07, 6.45) is 9.82. The molecule has 1 saturated carbocycles. The first-order valence-corrected chi connectivity index (χ1v) is 8.32. The van der Waals surface area contributed by atoms with Crippen LogP contribution in [0.2, 0.25) is 0 Å². The summed E-state index contributed by atoms with van der Waals surface area (Å²) in [4.78, 5) is 14.4. The molecule has 1 aliphatic heterocycles. The maximum atomic E-state index is 11.9. The van der Waals surface area contributed by atoms with E-state index in [2.05, 4.69) is 17.1 Å². The normalized spacial score (nSPS) is 25.4. The molecule has 2 rings (SSSR count). The number of esters is 1. The topological polar surface area (TPSA) is 41.6 Å². The average Bonchev–Trinajstić information content (AvgIpc) is 3.28. The van der Waals surface area contributed by atoms with Crippen LogP contribution in [0.4, 0.5) is 0 Å². The predicted molar refractivity (Wildman–Crippen MR) is 80.7 cm³/mol. The molecule has 20 heavy (non-hydrogen) atoms. The molecule has 4 nitrogen and oxygen atoms in total. The third-order valence-electron chi connectivity index (χ3n) is 4.58. The summed E-state index contributed by atoms with van der Waals surface area (Å²) in [5.74, 6) is -0.0963. The Balaban J connectivity index is 1.81. The quantitative estimate of drug-likeness (QED) is 0.694. The number of hydrogen-bond donors (Lipinski definition) is 1. The lowest BCUT2D eigenvalue weighted by Gasteiger charge is -2.36. The van der Waals surface area contributed by atoms with Gasteiger partial charge in [0.25, 0.3) is 0 Å². The van der Waals surface area contributed by atoms with Gasteiger partial charge in [-0.2, -0.15) is 0 Å². The Morgan fingerprint density at radius 1 is 1.35 bits per heavy atom. The number of carbonyl (C=O) groups excluding carboxylic acids is 1. The molecule has 1 heterocycles. The minimum Gasteiger partial charge on any atom is -0.468 e. The molecule has 0 bridgehead atoms. The second-order valence-electron chi connectivity index (χ2n) is 6.28. The molecule has 0 spiro atoms. The van der Waals surface area contributed by atoms with E-state index < -0.39 is 0 Å². The van der Waals surface area contributed by atoms with Crippen LogP contribution in [-0.2, 0) is 9.53 Å². The molecule has 2 aliphatic rings. The van der Waals surface area contributed by atoms with Crippen molar-refractivity contribution in [1.82, 2.24) is 10.2 Å². The summed E-state index contributed by atoms with van der Waals surface area (Å²) in [5.41, 5.74) is 0. The Morgan fingerprint density at radius 2 is 2.15 bits per heavy atom. The molecule has 2 atom stereocenters. The highest BCUT2D eigenvalue weighted by Crippen LogP contribution is 2.23. The Morgan fingerprint density at radius 3 is 2.80 bits per heavy atom. The van der Waals surface area contributed by atoms with Gasteiger partial charge in [0.15, 0.2) is 0 Å². The highest BCUT2D eigenvalue weighted by atomic mass is 16.5. The van der Waals surface area contributed by atoms with E-state index in [1.807, 2.05) is 0 Å². The van der Waals surface area contributed by atoms with E-state index in [0.29, 0.717) is 6.04 Å². The van der Waals surface area contributed by atoms with Crippen LogP contribution in [0.5, 0.6) is 0 Å². The molecule has 1 saturated heterocycles. The van der Waals surface area contributed by atoms with Crippen molar-refractivity contribution in [3.63, 3.8) is 0 Å². The minimum atomic E-state index is -0.114. The Kier molecular flexibility index (Phi) is 6.30. The van der Waals surface area contributed by atoms with Gasteiger partial charge < -0.3 is 15.0 Å². The van der Waals surface area contributed by atoms with Gasteiger partial charge in [-0.25, -0.2) is 0 Å². The second kappa shape index (κ2) is 7.99. The zero-order valence-corrected chi connectivity index (χ0v) is 13.1. The number of ether oxygens (including phenoxy) is 1. The Bertz CT molecular complexity index is 303. The maximum Gasteiger partial charge on any atom is 0.322 e. The van der Waals surface area contributed by atoms with Crippen molar-refractivity contribution in [2.24, 2.45) is 0 Å². The van der Waals surface area contributed by atoms with E-state index in [1.165, 1.54) is 58.6 Å². The molecule has 4 heteroatoms. The lowest BCUT2D eigenvalue weighted by molar-refractivity contribution is -0.143. The summed E-state index contributed by atoms with van der Waals surface area (Å²) in [6.45, 7) is 4.48. The molecule has 0 aromatic heterocycles. The average molecular weight is 282 g/mol. The number of likely N-dealkylation sites (tertiary alicyclic amines) is 1. The lowest BCUT2D eigenvalue weighted by Crippen LogP contribution is -2.45. The fraction of sp³-hybridized carbons (Fsp3) is 0.938. The van der Waals surface area contributed by atoms with Crippen molar-refractivity contribution >= 4 is 5.97 Å². The zero-order valence-electron chi connectivity index (χ0n) is 13.1. The summed E-state index contributed by atoms with van der Waals surface area (Å²) in [6, 6.07) is 1.16. The van der Waals surface area contributed by atoms with Crippen LogP contribution in [0.15, 0.2) is 0 Å². The molecular formula is C16H30N2O2. The standard InChI is InChI=1S/C16H30N2O2/c1-3-6-14-7-4-5-11-18(14)12-10-15(16(19)20-2)17-13-8-9-13/h13-15,17H,3-12H2,1-2H3. The van der Waals surface area contributed by atoms with Gasteiger partial charge in [0.05, 0.1) is 7.11 Å². The van der Waals surface area contributed by atoms with Crippen LogP contribution in [0.1, 0.15) is 58.3 Å². The fourth-order valence-corrected chi connectivity index (χ4v) is 3.26. The molecule has 1 N–H and O–H groups in total. The van der Waals surface area contributed by atoms with Crippen molar-refractivity contribution in [3.8, 4) is 0 Å². The van der Waals surface area contributed by atoms with E-state index in [9.17, 15) is 4.79 Å². The number of nitrogens with zero attached hydrogens (tertiary/aromatic N) is 1. The van der Waals surface area contributed by atoms with Crippen molar-refractivity contribution in [3.05, 3.63) is 0 Å². The van der Waals surface area contributed by atoms with Crippen LogP contribution in [0.3, 0.4) is 0 Å². The van der Waals surface area contributed by atoms with Gasteiger partial charge in [0.2, 0.25) is 0 Å². The molecule has 0 aromatic rings. The molecular weight excluding hydrogens is 252 g/mol. The van der Waals surface area contributed by atoms with Gasteiger partial charge in [-0.1, -0.05) is 19.8 Å². The van der Waals surface area contributed by atoms with Crippen LogP contribution < -0.4 is 5.32 Å². The maximum absolute atomic E-state index is 11.9. The lowest BCUT2D eigenvalue weighted by atomic mass is 9.97. The SMILES string of the molecule is CCCC1CCCCN1CCC(NC1CC1)C(=O)OC. The number of methoxy groups -OCH3 is 1. The van der Waals surface area contributed by atoms with Gasteiger partial charge in [-0.15, -0.1) is 0 Å². The van der Waals surface area contributed by atoms with Crippen LogP contribution in [0, 0.1) is 0 Å². The van der Waals surface area contributed by atoms with E-state index in [-0.39, 0.29) is 12.0 Å². The van der Waals surface area contributed by atoms with Crippen LogP contribution in [0.25, 0.3) is 0 Å². The van der Waals surface area contributed by atoms with Crippen molar-refractivity contribution in [2.75, 3.05) is 20.2 Å². The van der Waals surface area contributed by atoms with E-state index in [4.69, 9.17) is 4.74 Å². The first-order valence-electron chi connectivity index (χ1n) is 8.32. The smallest absolute Gasteiger partial charge is 0.322 e. The van der Waals surface area contributed by atoms with Gasteiger partial charge in [0, 0.05) is 18.6 Å². The van der Waals surface area contributed by atoms with E-state index in [0.717, 1.165) is 19.0 Å². The molecule has 2 unspecified atom stereocenters. The molecule has 116 valence electrons. The van der Waals surface area contributed by atoms with Gasteiger partial charge >= 0.3 is 5.97 Å². The molecule has 0 amide bonds. The first-order chi connectivity index (χ1) is 9.74. The van der Waals surface area contributed by atoms with Gasteiger partial charge in [-0.05, 0) is 45.1 Å². The molecule has 2 fully saturated rings. The summed E-state index contributed by atoms with van der Waals surface area (Å²) in [7, 11) is 1.49. The fourth-order valence-electron chi connectivity index (χ4n) is 3.26. The molecule has 0 aromatic carbocycles. The Labute approximate surface area is 123 Å². The van der Waals surface area contributed by atoms with Gasteiger partial charge in [0.1, 0.15) is 6.04 Å². The van der Waals surface area contributed by atoms with Gasteiger partial charge in [-0.3, -0.25) is 4.79 Å². The van der Waals surface area contributed by atoms with Crippen LogP contribution >= 0.6 is 0 Å². The van der Waals surface area contributed by atoms with E-state index >= 15 is 0 Å². The van der Waals surface area contributed by atoms with E-state index in [1.54, 1.807) is 0 Å². The first kappa shape index (κ1) is 15.8. The molecule has 1 aliphatic carbocycles. The number of piperidine rings is 1. The highest BCUT2D eigenvalue weighted by Gasteiger charge is 2.30. The third kappa shape index (κ3) is 4.74. The second-order valence-corrected chi connectivity index (χ2v) is 6.28. The number of rotatable bonds is 8. The van der Waals surface area contributed by atoms with Crippen LogP contribution in [-0.4, -0.2) is 49.2 Å². The number of carbonyl (C=O) groups is 1. The summed E-state index contributed by atoms with van der Waals surface area (Å²) < 4.78 is 4.94.